The van der Waals surface area contributed by atoms with Crippen molar-refractivity contribution in [2.24, 2.45) is 0 Å². The van der Waals surface area contributed by atoms with Crippen molar-refractivity contribution in [3.63, 3.8) is 0 Å². The fourth-order valence-electron chi connectivity index (χ4n) is 3.85. The summed E-state index contributed by atoms with van der Waals surface area (Å²) in [4.78, 5) is 31.2. The van der Waals surface area contributed by atoms with Gasteiger partial charge in [0.05, 0.1) is 13.1 Å². The minimum absolute atomic E-state index is 0.00894. The first kappa shape index (κ1) is 23.4. The number of hydrogen-bond donors (Lipinski definition) is 1. The average molecular weight is 487 g/mol. The van der Waals surface area contributed by atoms with Crippen molar-refractivity contribution in [2.45, 2.75) is 20.4 Å². The molecule has 1 fully saturated rings. The Morgan fingerprint density at radius 1 is 1.00 bits per heavy atom. The summed E-state index contributed by atoms with van der Waals surface area (Å²) < 4.78 is 1.06. The molecule has 0 atom stereocenters. The predicted molar refractivity (Wildman–Crippen MR) is 128 cm³/mol. The Labute approximate surface area is 193 Å². The maximum atomic E-state index is 12.7. The molecule has 1 aliphatic heterocycles. The molecular weight excluding hydrogens is 456 g/mol. The molecule has 1 heterocycles. The number of anilines is 1. The Balaban J connectivity index is 1.43. The maximum Gasteiger partial charge on any atom is 0.238 e. The van der Waals surface area contributed by atoms with E-state index in [4.69, 9.17) is 0 Å². The summed E-state index contributed by atoms with van der Waals surface area (Å²) in [7, 11) is 1.96. The van der Waals surface area contributed by atoms with Crippen LogP contribution in [0.3, 0.4) is 0 Å². The van der Waals surface area contributed by atoms with Crippen molar-refractivity contribution in [3.8, 4) is 0 Å². The molecule has 0 radical (unpaired) electrons. The molecule has 2 amide bonds. The van der Waals surface area contributed by atoms with E-state index in [-0.39, 0.29) is 11.8 Å². The molecule has 2 aromatic rings. The second kappa shape index (κ2) is 10.9. The largest absolute Gasteiger partial charge is 0.339 e. The molecule has 2 aromatic carbocycles. The molecule has 1 aliphatic rings. The summed E-state index contributed by atoms with van der Waals surface area (Å²) in [5.74, 6) is 0.125. The Morgan fingerprint density at radius 2 is 1.65 bits per heavy atom. The van der Waals surface area contributed by atoms with Gasteiger partial charge in [0, 0.05) is 42.9 Å². The first-order valence-electron chi connectivity index (χ1n) is 10.6. The number of aryl methyl sites for hydroxylation is 2. The first-order chi connectivity index (χ1) is 14.8. The predicted octanol–water partition coefficient (Wildman–Crippen LogP) is 3.28. The molecule has 6 nitrogen and oxygen atoms in total. The normalized spacial score (nSPS) is 14.7. The van der Waals surface area contributed by atoms with Crippen LogP contribution in [-0.2, 0) is 16.1 Å². The van der Waals surface area contributed by atoms with Crippen LogP contribution < -0.4 is 5.32 Å². The zero-order valence-corrected chi connectivity index (χ0v) is 20.1. The Hall–Kier alpha value is -2.22. The van der Waals surface area contributed by atoms with Crippen LogP contribution in [0.15, 0.2) is 46.9 Å². The van der Waals surface area contributed by atoms with Crippen LogP contribution in [0.1, 0.15) is 16.7 Å². The highest BCUT2D eigenvalue weighted by molar-refractivity contribution is 9.10. The number of halogens is 1. The van der Waals surface area contributed by atoms with Gasteiger partial charge < -0.3 is 10.2 Å². The lowest BCUT2D eigenvalue weighted by Gasteiger charge is -2.35. The van der Waals surface area contributed by atoms with E-state index in [1.54, 1.807) is 0 Å². The molecule has 31 heavy (non-hydrogen) atoms. The van der Waals surface area contributed by atoms with Gasteiger partial charge in [0.2, 0.25) is 11.8 Å². The van der Waals surface area contributed by atoms with Gasteiger partial charge in [0.1, 0.15) is 0 Å². The zero-order chi connectivity index (χ0) is 22.4. The first-order valence-corrected chi connectivity index (χ1v) is 11.4. The third-order valence-corrected chi connectivity index (χ3v) is 6.41. The van der Waals surface area contributed by atoms with E-state index in [0.717, 1.165) is 26.9 Å². The van der Waals surface area contributed by atoms with Crippen LogP contribution in [0.25, 0.3) is 0 Å². The number of para-hydroxylation sites is 1. The topological polar surface area (TPSA) is 55.9 Å². The smallest absolute Gasteiger partial charge is 0.238 e. The SMILES string of the molecule is Cc1cccc(C)c1NC(=O)CN1CCN(C(=O)CN(C)Cc2ccccc2Br)CC1. The van der Waals surface area contributed by atoms with Crippen LogP contribution in [-0.4, -0.2) is 72.8 Å². The fraction of sp³-hybridized carbons (Fsp3) is 0.417. The standard InChI is InChI=1S/C24H31BrN4O2/c1-18-7-6-8-19(2)24(18)26-22(30)16-28-11-13-29(14-12-28)23(31)17-27(3)15-20-9-4-5-10-21(20)25/h4-10H,11-17H2,1-3H3,(H,26,30). The quantitative estimate of drug-likeness (QED) is 0.652. The lowest BCUT2D eigenvalue weighted by Crippen LogP contribution is -2.52. The van der Waals surface area contributed by atoms with E-state index in [0.29, 0.717) is 45.8 Å². The molecule has 1 N–H and O–H groups in total. The van der Waals surface area contributed by atoms with E-state index < -0.39 is 0 Å². The van der Waals surface area contributed by atoms with Gasteiger partial charge in [-0.1, -0.05) is 52.3 Å². The molecule has 0 saturated carbocycles. The van der Waals surface area contributed by atoms with Gasteiger partial charge in [0.15, 0.2) is 0 Å². The van der Waals surface area contributed by atoms with Crippen LogP contribution in [0.4, 0.5) is 5.69 Å². The fourth-order valence-corrected chi connectivity index (χ4v) is 4.26. The lowest BCUT2D eigenvalue weighted by atomic mass is 10.1. The van der Waals surface area contributed by atoms with Crippen molar-refractivity contribution >= 4 is 33.4 Å². The highest BCUT2D eigenvalue weighted by Gasteiger charge is 2.23. The molecule has 166 valence electrons. The summed E-state index contributed by atoms with van der Waals surface area (Å²) in [5.41, 5.74) is 4.19. The van der Waals surface area contributed by atoms with E-state index in [1.165, 1.54) is 0 Å². The summed E-state index contributed by atoms with van der Waals surface area (Å²) in [6, 6.07) is 14.1. The summed E-state index contributed by atoms with van der Waals surface area (Å²) in [6.45, 7) is 8.16. The molecule has 3 rings (SSSR count). The van der Waals surface area contributed by atoms with Gasteiger partial charge in [-0.2, -0.15) is 0 Å². The summed E-state index contributed by atoms with van der Waals surface area (Å²) >= 11 is 3.56. The van der Waals surface area contributed by atoms with Crippen molar-refractivity contribution in [2.75, 3.05) is 51.6 Å². The minimum atomic E-state index is -0.00894. The molecule has 7 heteroatoms. The minimum Gasteiger partial charge on any atom is -0.339 e. The number of likely N-dealkylation sites (N-methyl/N-ethyl adjacent to an activating group) is 1. The van der Waals surface area contributed by atoms with Gasteiger partial charge >= 0.3 is 0 Å². The van der Waals surface area contributed by atoms with Gasteiger partial charge in [-0.3, -0.25) is 19.4 Å². The van der Waals surface area contributed by atoms with Gasteiger partial charge in [0.25, 0.3) is 0 Å². The Morgan fingerprint density at radius 3 is 2.29 bits per heavy atom. The number of nitrogens with one attached hydrogen (secondary N) is 1. The van der Waals surface area contributed by atoms with Crippen LogP contribution in [0, 0.1) is 13.8 Å². The maximum absolute atomic E-state index is 12.7. The zero-order valence-electron chi connectivity index (χ0n) is 18.5. The number of nitrogens with zero attached hydrogens (tertiary/aromatic N) is 3. The van der Waals surface area contributed by atoms with Crippen LogP contribution >= 0.6 is 15.9 Å². The molecule has 0 unspecified atom stereocenters. The van der Waals surface area contributed by atoms with Crippen molar-refractivity contribution in [3.05, 3.63) is 63.6 Å². The highest BCUT2D eigenvalue weighted by atomic mass is 79.9. The number of amides is 2. The summed E-state index contributed by atoms with van der Waals surface area (Å²) in [5, 5.41) is 3.04. The van der Waals surface area contributed by atoms with E-state index in [2.05, 4.69) is 32.2 Å². The number of benzene rings is 2. The molecule has 0 aromatic heterocycles. The molecule has 0 bridgehead atoms. The number of carbonyl (C=O) groups excluding carboxylic acids is 2. The average Bonchev–Trinajstić information content (AvgIpc) is 2.73. The second-order valence-electron chi connectivity index (χ2n) is 8.24. The van der Waals surface area contributed by atoms with Gasteiger partial charge in [-0.05, 0) is 43.7 Å². The van der Waals surface area contributed by atoms with E-state index >= 15 is 0 Å². The number of rotatable bonds is 7. The van der Waals surface area contributed by atoms with Gasteiger partial charge in [-0.25, -0.2) is 0 Å². The molecule has 0 spiro atoms. The number of hydrogen-bond acceptors (Lipinski definition) is 4. The summed E-state index contributed by atoms with van der Waals surface area (Å²) in [6.07, 6.45) is 0. The second-order valence-corrected chi connectivity index (χ2v) is 9.09. The van der Waals surface area contributed by atoms with E-state index in [1.807, 2.05) is 67.1 Å². The Kier molecular flexibility index (Phi) is 8.23. The monoisotopic (exact) mass is 486 g/mol. The van der Waals surface area contributed by atoms with E-state index in [9.17, 15) is 9.59 Å². The van der Waals surface area contributed by atoms with Crippen LogP contribution in [0.2, 0.25) is 0 Å². The third kappa shape index (κ3) is 6.63. The van der Waals surface area contributed by atoms with Gasteiger partial charge in [-0.15, -0.1) is 0 Å². The number of piperazine rings is 1. The molecule has 1 saturated heterocycles. The van der Waals surface area contributed by atoms with Crippen molar-refractivity contribution in [1.82, 2.24) is 14.7 Å². The highest BCUT2D eigenvalue weighted by Crippen LogP contribution is 2.19. The van der Waals surface area contributed by atoms with Crippen molar-refractivity contribution < 1.29 is 9.59 Å². The number of carbonyl (C=O) groups is 2. The lowest BCUT2D eigenvalue weighted by molar-refractivity contribution is -0.134. The third-order valence-electron chi connectivity index (χ3n) is 5.64. The van der Waals surface area contributed by atoms with Crippen LogP contribution in [0.5, 0.6) is 0 Å². The Bertz CT molecular complexity index is 905. The van der Waals surface area contributed by atoms with Crippen molar-refractivity contribution in [1.29, 1.82) is 0 Å². The molecule has 0 aliphatic carbocycles. The molecular formula is C24H31BrN4O2.